The molecule has 0 spiro atoms. The van der Waals surface area contributed by atoms with E-state index in [1.54, 1.807) is 0 Å². The zero-order chi connectivity index (χ0) is 12.1. The van der Waals surface area contributed by atoms with E-state index in [4.69, 9.17) is 4.74 Å². The van der Waals surface area contributed by atoms with Gasteiger partial charge >= 0.3 is 0 Å². The number of hydrogen-bond donors (Lipinski definition) is 1. The predicted molar refractivity (Wildman–Crippen MR) is 72.2 cm³/mol. The highest BCUT2D eigenvalue weighted by molar-refractivity contribution is 4.94. The van der Waals surface area contributed by atoms with Gasteiger partial charge in [0.1, 0.15) is 0 Å². The summed E-state index contributed by atoms with van der Waals surface area (Å²) in [6.45, 7) is 7.90. The first-order valence-corrected chi connectivity index (χ1v) is 7.57. The number of nitrogens with one attached hydrogen (secondary N) is 1. The molecule has 2 aliphatic rings. The van der Waals surface area contributed by atoms with E-state index in [9.17, 15) is 0 Å². The molecule has 1 N–H and O–H groups in total. The Hall–Kier alpha value is -0.0800. The minimum absolute atomic E-state index is 0.520. The third-order valence-corrected chi connectivity index (χ3v) is 4.80. The van der Waals surface area contributed by atoms with Gasteiger partial charge in [0.05, 0.1) is 6.61 Å². The highest BCUT2D eigenvalue weighted by atomic mass is 16.5. The van der Waals surface area contributed by atoms with E-state index < -0.39 is 0 Å². The van der Waals surface area contributed by atoms with Crippen LogP contribution in [0.4, 0.5) is 0 Å². The van der Waals surface area contributed by atoms with Crippen molar-refractivity contribution in [3.8, 4) is 0 Å². The smallest absolute Gasteiger partial charge is 0.0510 e. The molecule has 1 aliphatic carbocycles. The van der Waals surface area contributed by atoms with E-state index in [2.05, 4.69) is 19.2 Å². The lowest BCUT2D eigenvalue weighted by Gasteiger charge is -2.44. The highest BCUT2D eigenvalue weighted by Crippen LogP contribution is 2.42. The molecule has 100 valence electrons. The van der Waals surface area contributed by atoms with Crippen molar-refractivity contribution < 1.29 is 4.74 Å². The zero-order valence-electron chi connectivity index (χ0n) is 11.6. The van der Waals surface area contributed by atoms with Crippen LogP contribution in [-0.4, -0.2) is 25.8 Å². The molecule has 2 fully saturated rings. The second-order valence-corrected chi connectivity index (χ2v) is 6.27. The lowest BCUT2D eigenvalue weighted by atomic mass is 9.66. The number of ether oxygens (including phenoxy) is 1. The summed E-state index contributed by atoms with van der Waals surface area (Å²) in [4.78, 5) is 0. The Balaban J connectivity index is 2.01. The summed E-state index contributed by atoms with van der Waals surface area (Å²) >= 11 is 0. The largest absolute Gasteiger partial charge is 0.381 e. The summed E-state index contributed by atoms with van der Waals surface area (Å²) in [7, 11) is 0. The lowest BCUT2D eigenvalue weighted by molar-refractivity contribution is 0.0904. The van der Waals surface area contributed by atoms with Gasteiger partial charge in [0.15, 0.2) is 0 Å². The summed E-state index contributed by atoms with van der Waals surface area (Å²) in [6, 6.07) is 0.685. The minimum Gasteiger partial charge on any atom is -0.381 e. The maximum Gasteiger partial charge on any atom is 0.0510 e. The van der Waals surface area contributed by atoms with E-state index in [1.807, 2.05) is 0 Å². The van der Waals surface area contributed by atoms with E-state index in [0.29, 0.717) is 11.5 Å². The van der Waals surface area contributed by atoms with Crippen LogP contribution in [0.1, 0.15) is 58.8 Å². The molecule has 2 nitrogen and oxygen atoms in total. The molecule has 0 bridgehead atoms. The summed E-state index contributed by atoms with van der Waals surface area (Å²) in [6.07, 6.45) is 9.60. The van der Waals surface area contributed by atoms with Crippen LogP contribution in [0.5, 0.6) is 0 Å². The molecule has 0 aromatic rings. The Bertz CT molecular complexity index is 217. The van der Waals surface area contributed by atoms with Gasteiger partial charge in [-0.15, -0.1) is 0 Å². The third-order valence-electron chi connectivity index (χ3n) is 4.80. The monoisotopic (exact) mass is 239 g/mol. The van der Waals surface area contributed by atoms with Crippen LogP contribution in [-0.2, 0) is 4.74 Å². The van der Waals surface area contributed by atoms with Crippen molar-refractivity contribution in [3.05, 3.63) is 0 Å². The molecule has 0 radical (unpaired) electrons. The lowest BCUT2D eigenvalue weighted by Crippen LogP contribution is -2.50. The summed E-state index contributed by atoms with van der Waals surface area (Å²) < 4.78 is 5.61. The molecule has 0 aromatic carbocycles. The summed E-state index contributed by atoms with van der Waals surface area (Å²) in [5, 5.41) is 3.84. The van der Waals surface area contributed by atoms with E-state index in [1.165, 1.54) is 44.9 Å². The van der Waals surface area contributed by atoms with Crippen LogP contribution in [0.15, 0.2) is 0 Å². The third kappa shape index (κ3) is 3.23. The van der Waals surface area contributed by atoms with Gasteiger partial charge in [-0.2, -0.15) is 0 Å². The second kappa shape index (κ2) is 6.19. The molecule has 0 amide bonds. The van der Waals surface area contributed by atoms with Crippen LogP contribution in [0, 0.1) is 11.3 Å². The topological polar surface area (TPSA) is 21.3 Å². The average Bonchev–Trinajstić information content (AvgIpc) is 2.84. The maximum atomic E-state index is 5.61. The molecule has 1 heterocycles. The molecular formula is C15H29NO. The standard InChI is InChI=1S/C15H29NO/c1-3-10-16-14(13-7-11-17-12-13)15(2)8-5-4-6-9-15/h13-14,16H,3-12H2,1-2H3. The molecule has 1 saturated heterocycles. The van der Waals surface area contributed by atoms with E-state index in [-0.39, 0.29) is 0 Å². The fourth-order valence-electron chi connectivity index (χ4n) is 3.77. The van der Waals surface area contributed by atoms with Crippen molar-refractivity contribution in [2.45, 2.75) is 64.8 Å². The van der Waals surface area contributed by atoms with Gasteiger partial charge in [-0.05, 0) is 37.6 Å². The van der Waals surface area contributed by atoms with Crippen LogP contribution in [0.25, 0.3) is 0 Å². The zero-order valence-corrected chi connectivity index (χ0v) is 11.6. The van der Waals surface area contributed by atoms with Crippen molar-refractivity contribution in [1.29, 1.82) is 0 Å². The molecule has 2 heteroatoms. The minimum atomic E-state index is 0.520. The molecule has 2 rings (SSSR count). The predicted octanol–water partition coefficient (Wildman–Crippen LogP) is 3.36. The van der Waals surface area contributed by atoms with Gasteiger partial charge in [0.2, 0.25) is 0 Å². The first-order chi connectivity index (χ1) is 8.26. The van der Waals surface area contributed by atoms with E-state index >= 15 is 0 Å². The summed E-state index contributed by atoms with van der Waals surface area (Å²) in [5.74, 6) is 0.754. The molecule has 1 aliphatic heterocycles. The van der Waals surface area contributed by atoms with Crippen LogP contribution >= 0.6 is 0 Å². The van der Waals surface area contributed by atoms with Crippen molar-refractivity contribution in [1.82, 2.24) is 5.32 Å². The first-order valence-electron chi connectivity index (χ1n) is 7.57. The molecule has 1 saturated carbocycles. The van der Waals surface area contributed by atoms with E-state index in [0.717, 1.165) is 25.7 Å². The Kier molecular flexibility index (Phi) is 4.87. The normalized spacial score (nSPS) is 30.4. The van der Waals surface area contributed by atoms with Crippen molar-refractivity contribution >= 4 is 0 Å². The van der Waals surface area contributed by atoms with Crippen molar-refractivity contribution in [2.24, 2.45) is 11.3 Å². The van der Waals surface area contributed by atoms with Crippen LogP contribution in [0.2, 0.25) is 0 Å². The SMILES string of the molecule is CCCNC(C1CCOC1)C1(C)CCCCC1. The number of hydrogen-bond acceptors (Lipinski definition) is 2. The molecular weight excluding hydrogens is 210 g/mol. The average molecular weight is 239 g/mol. The Morgan fingerprint density at radius 3 is 2.65 bits per heavy atom. The highest BCUT2D eigenvalue weighted by Gasteiger charge is 2.40. The molecule has 0 aromatic heterocycles. The Morgan fingerprint density at radius 2 is 2.06 bits per heavy atom. The second-order valence-electron chi connectivity index (χ2n) is 6.27. The fourth-order valence-corrected chi connectivity index (χ4v) is 3.77. The maximum absolute atomic E-state index is 5.61. The first kappa shape index (κ1) is 13.4. The number of rotatable bonds is 5. The fraction of sp³-hybridized carbons (Fsp3) is 1.00. The van der Waals surface area contributed by atoms with Gasteiger partial charge in [-0.1, -0.05) is 33.1 Å². The quantitative estimate of drug-likeness (QED) is 0.794. The van der Waals surface area contributed by atoms with Gasteiger partial charge in [0.25, 0.3) is 0 Å². The molecule has 2 unspecified atom stereocenters. The van der Waals surface area contributed by atoms with Gasteiger partial charge < -0.3 is 10.1 Å². The van der Waals surface area contributed by atoms with Crippen molar-refractivity contribution in [2.75, 3.05) is 19.8 Å². The van der Waals surface area contributed by atoms with Gasteiger partial charge in [-0.25, -0.2) is 0 Å². The van der Waals surface area contributed by atoms with Crippen molar-refractivity contribution in [3.63, 3.8) is 0 Å². The Morgan fingerprint density at radius 1 is 1.29 bits per heavy atom. The van der Waals surface area contributed by atoms with Crippen LogP contribution < -0.4 is 5.32 Å². The molecule has 2 atom stereocenters. The van der Waals surface area contributed by atoms with Gasteiger partial charge in [-0.3, -0.25) is 0 Å². The van der Waals surface area contributed by atoms with Gasteiger partial charge in [0, 0.05) is 18.6 Å². The summed E-state index contributed by atoms with van der Waals surface area (Å²) in [5.41, 5.74) is 0.520. The Labute approximate surface area is 107 Å². The molecule has 17 heavy (non-hydrogen) atoms. The van der Waals surface area contributed by atoms with Crippen LogP contribution in [0.3, 0.4) is 0 Å².